The Labute approximate surface area is 106 Å². The van der Waals surface area contributed by atoms with E-state index in [-0.39, 0.29) is 0 Å². The van der Waals surface area contributed by atoms with Gasteiger partial charge in [0.1, 0.15) is 11.6 Å². The Bertz CT molecular complexity index is 536. The molecule has 0 aromatic carbocycles. The third kappa shape index (κ3) is 2.18. The minimum atomic E-state index is 0.504. The van der Waals surface area contributed by atoms with Gasteiger partial charge in [0.05, 0.1) is 23.6 Å². The maximum atomic E-state index is 5.98. The standard InChI is InChI=1S/C12H19N5O/c1-5-17-12(11(13)8(3)16-17)14-6-10-15-7(2)9(4)18-10/h14H,5-6,13H2,1-4H3. The highest BCUT2D eigenvalue weighted by Gasteiger charge is 2.12. The average Bonchev–Trinajstić information content (AvgIpc) is 2.79. The van der Waals surface area contributed by atoms with Gasteiger partial charge in [-0.2, -0.15) is 5.10 Å². The zero-order valence-corrected chi connectivity index (χ0v) is 11.2. The van der Waals surface area contributed by atoms with Crippen LogP contribution in [0.2, 0.25) is 0 Å². The molecular formula is C12H19N5O. The third-order valence-corrected chi connectivity index (χ3v) is 2.95. The summed E-state index contributed by atoms with van der Waals surface area (Å²) in [4.78, 5) is 4.32. The molecule has 2 rings (SSSR count). The second-order valence-corrected chi connectivity index (χ2v) is 4.27. The Morgan fingerprint density at radius 1 is 1.28 bits per heavy atom. The molecule has 0 fully saturated rings. The number of oxazole rings is 1. The number of hydrogen-bond acceptors (Lipinski definition) is 5. The Balaban J connectivity index is 2.15. The predicted octanol–water partition coefficient (Wildman–Crippen LogP) is 2.01. The van der Waals surface area contributed by atoms with E-state index in [9.17, 15) is 0 Å². The number of aromatic nitrogens is 3. The zero-order chi connectivity index (χ0) is 13.3. The molecule has 18 heavy (non-hydrogen) atoms. The first-order valence-corrected chi connectivity index (χ1v) is 6.02. The molecule has 0 unspecified atom stereocenters. The zero-order valence-electron chi connectivity index (χ0n) is 11.2. The molecule has 2 aromatic heterocycles. The lowest BCUT2D eigenvalue weighted by Gasteiger charge is -2.07. The fraction of sp³-hybridized carbons (Fsp3) is 0.500. The van der Waals surface area contributed by atoms with E-state index in [2.05, 4.69) is 15.4 Å². The molecule has 0 amide bonds. The third-order valence-electron chi connectivity index (χ3n) is 2.95. The molecule has 98 valence electrons. The summed E-state index contributed by atoms with van der Waals surface area (Å²) >= 11 is 0. The van der Waals surface area contributed by atoms with E-state index in [1.165, 1.54) is 0 Å². The lowest BCUT2D eigenvalue weighted by molar-refractivity contribution is 0.477. The molecule has 2 aromatic rings. The van der Waals surface area contributed by atoms with Crippen molar-refractivity contribution in [1.29, 1.82) is 0 Å². The second-order valence-electron chi connectivity index (χ2n) is 4.27. The van der Waals surface area contributed by atoms with Crippen molar-refractivity contribution in [2.24, 2.45) is 0 Å². The topological polar surface area (TPSA) is 81.9 Å². The predicted molar refractivity (Wildman–Crippen MR) is 70.4 cm³/mol. The number of nitrogens with zero attached hydrogens (tertiary/aromatic N) is 3. The van der Waals surface area contributed by atoms with Crippen molar-refractivity contribution in [3.8, 4) is 0 Å². The van der Waals surface area contributed by atoms with Gasteiger partial charge < -0.3 is 15.5 Å². The van der Waals surface area contributed by atoms with E-state index < -0.39 is 0 Å². The minimum Gasteiger partial charge on any atom is -0.444 e. The van der Waals surface area contributed by atoms with Crippen molar-refractivity contribution in [1.82, 2.24) is 14.8 Å². The first-order chi connectivity index (χ1) is 8.52. The summed E-state index contributed by atoms with van der Waals surface area (Å²) in [6.45, 7) is 9.02. The number of nitrogens with two attached hydrogens (primary N) is 1. The summed E-state index contributed by atoms with van der Waals surface area (Å²) in [5, 5.41) is 7.57. The minimum absolute atomic E-state index is 0.504. The van der Waals surface area contributed by atoms with Crippen molar-refractivity contribution in [2.45, 2.75) is 40.8 Å². The Hall–Kier alpha value is -1.98. The Morgan fingerprint density at radius 3 is 2.56 bits per heavy atom. The number of anilines is 2. The number of rotatable bonds is 4. The quantitative estimate of drug-likeness (QED) is 0.866. The van der Waals surface area contributed by atoms with Crippen LogP contribution >= 0.6 is 0 Å². The van der Waals surface area contributed by atoms with Gasteiger partial charge in [-0.15, -0.1) is 0 Å². The monoisotopic (exact) mass is 249 g/mol. The van der Waals surface area contributed by atoms with E-state index >= 15 is 0 Å². The fourth-order valence-electron chi connectivity index (χ4n) is 1.78. The summed E-state index contributed by atoms with van der Waals surface area (Å²) in [6, 6.07) is 0. The normalized spacial score (nSPS) is 10.9. The van der Waals surface area contributed by atoms with Gasteiger partial charge in [-0.05, 0) is 27.7 Å². The maximum absolute atomic E-state index is 5.98. The van der Waals surface area contributed by atoms with Crippen molar-refractivity contribution in [3.63, 3.8) is 0 Å². The smallest absolute Gasteiger partial charge is 0.213 e. The van der Waals surface area contributed by atoms with Crippen LogP contribution in [0.25, 0.3) is 0 Å². The van der Waals surface area contributed by atoms with Crippen LogP contribution in [-0.2, 0) is 13.1 Å². The molecule has 0 spiro atoms. The fourth-order valence-corrected chi connectivity index (χ4v) is 1.78. The molecule has 0 saturated carbocycles. The van der Waals surface area contributed by atoms with Crippen LogP contribution in [0.15, 0.2) is 4.42 Å². The summed E-state index contributed by atoms with van der Waals surface area (Å²) in [7, 11) is 0. The molecule has 0 bridgehead atoms. The lowest BCUT2D eigenvalue weighted by atomic mass is 10.4. The molecule has 0 aliphatic heterocycles. The molecule has 6 heteroatoms. The van der Waals surface area contributed by atoms with Crippen LogP contribution in [-0.4, -0.2) is 14.8 Å². The molecule has 0 saturated heterocycles. The number of aryl methyl sites for hydroxylation is 4. The van der Waals surface area contributed by atoms with Crippen LogP contribution in [0.5, 0.6) is 0 Å². The van der Waals surface area contributed by atoms with Gasteiger partial charge in [-0.3, -0.25) is 0 Å². The van der Waals surface area contributed by atoms with Gasteiger partial charge in [0.25, 0.3) is 0 Å². The van der Waals surface area contributed by atoms with Gasteiger partial charge in [0.15, 0.2) is 0 Å². The summed E-state index contributed by atoms with van der Waals surface area (Å²) in [5.74, 6) is 2.33. The average molecular weight is 249 g/mol. The Kier molecular flexibility index (Phi) is 3.27. The molecule has 0 aliphatic carbocycles. The summed E-state index contributed by atoms with van der Waals surface area (Å²) in [6.07, 6.45) is 0. The first kappa shape index (κ1) is 12.5. The van der Waals surface area contributed by atoms with Gasteiger partial charge in [-0.1, -0.05) is 0 Å². The van der Waals surface area contributed by atoms with Crippen molar-refractivity contribution < 1.29 is 4.42 Å². The summed E-state index contributed by atoms with van der Waals surface area (Å²) in [5.41, 5.74) is 8.41. The number of hydrogen-bond donors (Lipinski definition) is 2. The molecule has 0 aliphatic rings. The number of nitrogens with one attached hydrogen (secondary N) is 1. The van der Waals surface area contributed by atoms with Crippen LogP contribution in [0.4, 0.5) is 11.5 Å². The van der Waals surface area contributed by atoms with Crippen LogP contribution < -0.4 is 11.1 Å². The van der Waals surface area contributed by atoms with Crippen LogP contribution in [0.3, 0.4) is 0 Å². The highest BCUT2D eigenvalue weighted by molar-refractivity contribution is 5.64. The van der Waals surface area contributed by atoms with Crippen molar-refractivity contribution in [2.75, 3.05) is 11.1 Å². The van der Waals surface area contributed by atoms with Gasteiger partial charge in [0.2, 0.25) is 5.89 Å². The van der Waals surface area contributed by atoms with Crippen LogP contribution in [0.1, 0.15) is 30.0 Å². The van der Waals surface area contributed by atoms with Crippen molar-refractivity contribution in [3.05, 3.63) is 23.0 Å². The van der Waals surface area contributed by atoms with Gasteiger partial charge >= 0.3 is 0 Å². The SMILES string of the molecule is CCn1nc(C)c(N)c1NCc1nc(C)c(C)o1. The molecule has 0 radical (unpaired) electrons. The molecule has 2 heterocycles. The lowest BCUT2D eigenvalue weighted by Crippen LogP contribution is -2.08. The van der Waals surface area contributed by atoms with E-state index in [4.69, 9.17) is 10.2 Å². The van der Waals surface area contributed by atoms with Gasteiger partial charge in [-0.25, -0.2) is 9.67 Å². The highest BCUT2D eigenvalue weighted by Crippen LogP contribution is 2.22. The maximum Gasteiger partial charge on any atom is 0.213 e. The molecule has 3 N–H and O–H groups in total. The largest absolute Gasteiger partial charge is 0.444 e. The summed E-state index contributed by atoms with van der Waals surface area (Å²) < 4.78 is 7.35. The highest BCUT2D eigenvalue weighted by atomic mass is 16.4. The first-order valence-electron chi connectivity index (χ1n) is 6.02. The van der Waals surface area contributed by atoms with E-state index in [0.717, 1.165) is 29.5 Å². The molecule has 6 nitrogen and oxygen atoms in total. The van der Waals surface area contributed by atoms with Crippen molar-refractivity contribution >= 4 is 11.5 Å². The second kappa shape index (κ2) is 4.72. The van der Waals surface area contributed by atoms with Crippen LogP contribution in [0, 0.1) is 20.8 Å². The Morgan fingerprint density at radius 2 is 2.00 bits per heavy atom. The van der Waals surface area contributed by atoms with E-state index in [1.807, 2.05) is 32.4 Å². The molecule has 0 atom stereocenters. The van der Waals surface area contributed by atoms with Gasteiger partial charge in [0, 0.05) is 6.54 Å². The van der Waals surface area contributed by atoms with E-state index in [0.29, 0.717) is 18.1 Å². The molecular weight excluding hydrogens is 230 g/mol. The van der Waals surface area contributed by atoms with E-state index in [1.54, 1.807) is 0 Å². The number of nitrogen functional groups attached to an aromatic ring is 1.